The lowest BCUT2D eigenvalue weighted by molar-refractivity contribution is -0.140. The van der Waals surface area contributed by atoms with Gasteiger partial charge in [-0.3, -0.25) is 13.9 Å². The number of hydrogen-bond acceptors (Lipinski definition) is 5. The molecule has 0 aromatic heterocycles. The third-order valence-corrected chi connectivity index (χ3v) is 8.74. The number of nitrogens with zero attached hydrogens (tertiary/aromatic N) is 2. The summed E-state index contributed by atoms with van der Waals surface area (Å²) in [7, 11) is -2.63. The van der Waals surface area contributed by atoms with Crippen LogP contribution in [0.1, 0.15) is 24.5 Å². The van der Waals surface area contributed by atoms with Gasteiger partial charge in [-0.15, -0.1) is 0 Å². The summed E-state index contributed by atoms with van der Waals surface area (Å²) in [5, 5.41) is 2.64. The molecule has 9 heteroatoms. The molecular formula is C33H35N3O5S. The third-order valence-electron chi connectivity index (χ3n) is 6.95. The molecule has 8 nitrogen and oxygen atoms in total. The average Bonchev–Trinajstić information content (AvgIpc) is 3.01. The van der Waals surface area contributed by atoms with Crippen LogP contribution in [-0.4, -0.2) is 44.8 Å². The molecule has 1 atom stereocenters. The van der Waals surface area contributed by atoms with Crippen molar-refractivity contribution in [2.75, 3.05) is 17.9 Å². The van der Waals surface area contributed by atoms with E-state index in [0.717, 1.165) is 15.4 Å². The van der Waals surface area contributed by atoms with Crippen LogP contribution in [0.15, 0.2) is 114 Å². The zero-order valence-corrected chi connectivity index (χ0v) is 24.8. The Kier molecular flexibility index (Phi) is 9.98. The fraction of sp³-hybridized carbons (Fsp3) is 0.212. The highest BCUT2D eigenvalue weighted by atomic mass is 32.2. The van der Waals surface area contributed by atoms with E-state index in [1.165, 1.54) is 24.1 Å². The minimum Gasteiger partial charge on any atom is -0.457 e. The second-order valence-electron chi connectivity index (χ2n) is 9.72. The van der Waals surface area contributed by atoms with E-state index in [4.69, 9.17) is 4.74 Å². The maximum absolute atomic E-state index is 14.1. The van der Waals surface area contributed by atoms with Gasteiger partial charge < -0.3 is 15.0 Å². The maximum Gasteiger partial charge on any atom is 0.264 e. The highest BCUT2D eigenvalue weighted by Crippen LogP contribution is 2.28. The number of para-hydroxylation sites is 1. The summed E-state index contributed by atoms with van der Waals surface area (Å²) in [6.45, 7) is 3.40. The zero-order chi connectivity index (χ0) is 30.1. The van der Waals surface area contributed by atoms with Gasteiger partial charge in [-0.2, -0.15) is 0 Å². The van der Waals surface area contributed by atoms with E-state index in [1.54, 1.807) is 42.5 Å². The fourth-order valence-electron chi connectivity index (χ4n) is 4.61. The van der Waals surface area contributed by atoms with Gasteiger partial charge in [-0.1, -0.05) is 67.6 Å². The second kappa shape index (κ2) is 13.8. The van der Waals surface area contributed by atoms with Crippen LogP contribution in [0.4, 0.5) is 5.69 Å². The largest absolute Gasteiger partial charge is 0.457 e. The zero-order valence-electron chi connectivity index (χ0n) is 23.9. The standard InChI is InChI=1S/C33H35N3O5S/c1-4-31(33(38)34-3)35(23-26-14-12-11-13-25(26)2)32(37)24-36(42(39,40)30-17-9-6-10-18-30)27-19-21-29(22-20-27)41-28-15-7-5-8-16-28/h5-22,31H,4,23-24H2,1-3H3,(H,34,38). The van der Waals surface area contributed by atoms with Gasteiger partial charge in [-0.25, -0.2) is 8.42 Å². The normalized spacial score (nSPS) is 11.8. The lowest BCUT2D eigenvalue weighted by Gasteiger charge is -2.33. The molecule has 4 rings (SSSR count). The van der Waals surface area contributed by atoms with Crippen LogP contribution in [0.3, 0.4) is 0 Å². The molecule has 1 unspecified atom stereocenters. The van der Waals surface area contributed by atoms with Crippen LogP contribution >= 0.6 is 0 Å². The van der Waals surface area contributed by atoms with Crippen LogP contribution in [0.25, 0.3) is 0 Å². The molecule has 2 amide bonds. The van der Waals surface area contributed by atoms with Gasteiger partial charge in [0.15, 0.2) is 0 Å². The molecule has 0 saturated heterocycles. The predicted octanol–water partition coefficient (Wildman–Crippen LogP) is 5.54. The van der Waals surface area contributed by atoms with Gasteiger partial charge in [-0.05, 0) is 73.0 Å². The van der Waals surface area contributed by atoms with E-state index < -0.39 is 28.5 Å². The molecular weight excluding hydrogens is 550 g/mol. The minimum atomic E-state index is -4.15. The molecule has 0 aliphatic carbocycles. The average molecular weight is 586 g/mol. The first kappa shape index (κ1) is 30.3. The van der Waals surface area contributed by atoms with Crippen molar-refractivity contribution in [1.82, 2.24) is 10.2 Å². The van der Waals surface area contributed by atoms with E-state index in [-0.39, 0.29) is 23.0 Å². The molecule has 1 N–H and O–H groups in total. The van der Waals surface area contributed by atoms with Gasteiger partial charge >= 0.3 is 0 Å². The quantitative estimate of drug-likeness (QED) is 0.236. The summed E-state index contributed by atoms with van der Waals surface area (Å²) in [5.74, 6) is 0.332. The number of nitrogens with one attached hydrogen (secondary N) is 1. The Morgan fingerprint density at radius 1 is 0.810 bits per heavy atom. The molecule has 4 aromatic carbocycles. The first-order valence-corrected chi connectivity index (χ1v) is 15.1. The number of benzene rings is 4. The Morgan fingerprint density at radius 2 is 1.38 bits per heavy atom. The van der Waals surface area contributed by atoms with Crippen molar-refractivity contribution in [2.45, 2.75) is 37.8 Å². The molecule has 218 valence electrons. The van der Waals surface area contributed by atoms with Crippen molar-refractivity contribution in [2.24, 2.45) is 0 Å². The van der Waals surface area contributed by atoms with Crippen molar-refractivity contribution in [3.8, 4) is 11.5 Å². The fourth-order valence-corrected chi connectivity index (χ4v) is 6.05. The number of aryl methyl sites for hydroxylation is 1. The first-order chi connectivity index (χ1) is 20.2. The molecule has 0 heterocycles. The van der Waals surface area contributed by atoms with Crippen LogP contribution < -0.4 is 14.4 Å². The summed E-state index contributed by atoms with van der Waals surface area (Å²) in [5.41, 5.74) is 2.12. The monoisotopic (exact) mass is 585 g/mol. The highest BCUT2D eigenvalue weighted by Gasteiger charge is 2.33. The molecule has 0 saturated carbocycles. The van der Waals surface area contributed by atoms with E-state index in [9.17, 15) is 18.0 Å². The Hall–Kier alpha value is -4.63. The van der Waals surface area contributed by atoms with Gasteiger partial charge in [0, 0.05) is 13.6 Å². The smallest absolute Gasteiger partial charge is 0.264 e. The van der Waals surface area contributed by atoms with Crippen LogP contribution in [0.5, 0.6) is 11.5 Å². The van der Waals surface area contributed by atoms with Gasteiger partial charge in [0.1, 0.15) is 24.1 Å². The van der Waals surface area contributed by atoms with Crippen LogP contribution in [-0.2, 0) is 26.2 Å². The van der Waals surface area contributed by atoms with Crippen molar-refractivity contribution >= 4 is 27.5 Å². The SMILES string of the molecule is CCC(C(=O)NC)N(Cc1ccccc1C)C(=O)CN(c1ccc(Oc2ccccc2)cc1)S(=O)(=O)c1ccccc1. The molecule has 4 aromatic rings. The minimum absolute atomic E-state index is 0.0474. The number of amides is 2. The molecule has 42 heavy (non-hydrogen) atoms. The summed E-state index contributed by atoms with van der Waals surface area (Å²) < 4.78 is 34.9. The van der Waals surface area contributed by atoms with Gasteiger partial charge in [0.05, 0.1) is 10.6 Å². The Balaban J connectivity index is 1.72. The van der Waals surface area contributed by atoms with E-state index in [2.05, 4.69) is 5.32 Å². The summed E-state index contributed by atoms with van der Waals surface area (Å²) >= 11 is 0. The summed E-state index contributed by atoms with van der Waals surface area (Å²) in [6, 6.07) is 30.5. The maximum atomic E-state index is 14.1. The number of likely N-dealkylation sites (N-methyl/N-ethyl adjacent to an activating group) is 1. The number of carbonyl (C=O) groups is 2. The number of carbonyl (C=O) groups excluding carboxylic acids is 2. The Labute approximate surface area is 247 Å². The molecule has 0 aliphatic heterocycles. The van der Waals surface area contributed by atoms with Crippen molar-refractivity contribution in [1.29, 1.82) is 0 Å². The lowest BCUT2D eigenvalue weighted by Crippen LogP contribution is -2.51. The van der Waals surface area contributed by atoms with E-state index in [0.29, 0.717) is 17.9 Å². The highest BCUT2D eigenvalue weighted by molar-refractivity contribution is 7.92. The number of ether oxygens (including phenoxy) is 1. The lowest BCUT2D eigenvalue weighted by atomic mass is 10.1. The molecule has 0 aliphatic rings. The van der Waals surface area contributed by atoms with E-state index >= 15 is 0 Å². The van der Waals surface area contributed by atoms with E-state index in [1.807, 2.05) is 68.4 Å². The molecule has 0 fully saturated rings. The Morgan fingerprint density at radius 3 is 1.98 bits per heavy atom. The predicted molar refractivity (Wildman–Crippen MR) is 164 cm³/mol. The number of hydrogen-bond donors (Lipinski definition) is 1. The number of rotatable bonds is 12. The Bertz CT molecular complexity index is 1590. The van der Waals surface area contributed by atoms with Crippen molar-refractivity contribution in [3.63, 3.8) is 0 Å². The second-order valence-corrected chi connectivity index (χ2v) is 11.6. The number of sulfonamides is 1. The van der Waals surface area contributed by atoms with Gasteiger partial charge in [0.25, 0.3) is 10.0 Å². The molecule has 0 spiro atoms. The number of anilines is 1. The first-order valence-electron chi connectivity index (χ1n) is 13.7. The van der Waals surface area contributed by atoms with Crippen LogP contribution in [0.2, 0.25) is 0 Å². The third kappa shape index (κ3) is 7.16. The van der Waals surface area contributed by atoms with Gasteiger partial charge in [0.2, 0.25) is 11.8 Å². The summed E-state index contributed by atoms with van der Waals surface area (Å²) in [4.78, 5) is 28.4. The van der Waals surface area contributed by atoms with Crippen molar-refractivity contribution < 1.29 is 22.7 Å². The van der Waals surface area contributed by atoms with Crippen LogP contribution in [0, 0.1) is 6.92 Å². The molecule has 0 radical (unpaired) electrons. The topological polar surface area (TPSA) is 96.0 Å². The van der Waals surface area contributed by atoms with Crippen molar-refractivity contribution in [3.05, 3.63) is 120 Å². The summed E-state index contributed by atoms with van der Waals surface area (Å²) in [6.07, 6.45) is 0.355. The molecule has 0 bridgehead atoms.